The maximum absolute atomic E-state index is 11.3. The molecule has 0 aromatic heterocycles. The van der Waals surface area contributed by atoms with Crippen molar-refractivity contribution in [2.45, 2.75) is 18.4 Å². The number of carboxylic acids is 1. The maximum atomic E-state index is 11.3. The van der Waals surface area contributed by atoms with Crippen LogP contribution >= 0.6 is 0 Å². The topological polar surface area (TPSA) is 73.1 Å². The van der Waals surface area contributed by atoms with Gasteiger partial charge in [0.25, 0.3) is 0 Å². The summed E-state index contributed by atoms with van der Waals surface area (Å²) in [5.74, 6) is -0.664. The molecule has 0 radical (unpaired) electrons. The van der Waals surface area contributed by atoms with Crippen LogP contribution in [0.25, 0.3) is 0 Å². The number of allylic oxidation sites excluding steroid dienone is 2. The molecule has 1 aromatic carbocycles. The van der Waals surface area contributed by atoms with Crippen molar-refractivity contribution in [1.82, 2.24) is 0 Å². The molecular weight excluding hydrogens is 228 g/mol. The van der Waals surface area contributed by atoms with Crippen molar-refractivity contribution in [3.63, 3.8) is 0 Å². The molecule has 3 atom stereocenters. The minimum absolute atomic E-state index is 0.0453. The molecule has 0 spiro atoms. The fourth-order valence-electron chi connectivity index (χ4n) is 2.91. The van der Waals surface area contributed by atoms with Gasteiger partial charge in [-0.3, -0.25) is 0 Å². The molecule has 90 valence electrons. The number of benzene rings is 1. The Morgan fingerprint density at radius 3 is 3.06 bits per heavy atom. The van der Waals surface area contributed by atoms with E-state index in [2.05, 4.69) is 17.5 Å². The lowest BCUT2D eigenvalue weighted by atomic mass is 9.79. The van der Waals surface area contributed by atoms with Crippen LogP contribution in [0.5, 0.6) is 0 Å². The zero-order chi connectivity index (χ0) is 12.7. The first-order valence-electron chi connectivity index (χ1n) is 5.91. The van der Waals surface area contributed by atoms with E-state index in [1.165, 1.54) is 0 Å². The number of hydrogen-bond donors (Lipinski definition) is 2. The summed E-state index contributed by atoms with van der Waals surface area (Å²) in [5.41, 5.74) is 2.47. The molecule has 0 fully saturated rings. The van der Waals surface area contributed by atoms with Crippen LogP contribution < -0.4 is 5.32 Å². The van der Waals surface area contributed by atoms with Gasteiger partial charge >= 0.3 is 5.97 Å². The van der Waals surface area contributed by atoms with Crippen molar-refractivity contribution >= 4 is 11.7 Å². The average molecular weight is 240 g/mol. The van der Waals surface area contributed by atoms with Crippen LogP contribution in [-0.4, -0.2) is 17.1 Å². The van der Waals surface area contributed by atoms with E-state index in [1.807, 2.05) is 12.1 Å². The molecule has 2 N–H and O–H groups in total. The number of rotatable bonds is 1. The maximum Gasteiger partial charge on any atom is 0.326 e. The molecule has 18 heavy (non-hydrogen) atoms. The SMILES string of the molecule is N#Cc1ccc2c(c1)C1C=CCC1C(C(=O)O)N2. The van der Waals surface area contributed by atoms with Crippen LogP contribution in [0.4, 0.5) is 5.69 Å². The summed E-state index contributed by atoms with van der Waals surface area (Å²) >= 11 is 0. The lowest BCUT2D eigenvalue weighted by Gasteiger charge is -2.34. The molecule has 2 aliphatic rings. The highest BCUT2D eigenvalue weighted by molar-refractivity contribution is 5.80. The quantitative estimate of drug-likeness (QED) is 0.737. The Balaban J connectivity index is 2.09. The molecule has 1 aliphatic carbocycles. The van der Waals surface area contributed by atoms with Gasteiger partial charge in [0, 0.05) is 17.5 Å². The van der Waals surface area contributed by atoms with Crippen LogP contribution in [0, 0.1) is 17.2 Å². The summed E-state index contributed by atoms with van der Waals surface area (Å²) in [5, 5.41) is 21.3. The summed E-state index contributed by atoms with van der Waals surface area (Å²) in [6.07, 6.45) is 4.85. The second-order valence-electron chi connectivity index (χ2n) is 4.73. The number of carboxylic acid groups (broad SMARTS) is 1. The van der Waals surface area contributed by atoms with Crippen LogP contribution in [-0.2, 0) is 4.79 Å². The lowest BCUT2D eigenvalue weighted by molar-refractivity contribution is -0.139. The first-order chi connectivity index (χ1) is 8.70. The van der Waals surface area contributed by atoms with Gasteiger partial charge < -0.3 is 10.4 Å². The van der Waals surface area contributed by atoms with Gasteiger partial charge in [-0.2, -0.15) is 5.26 Å². The van der Waals surface area contributed by atoms with Gasteiger partial charge in [0.1, 0.15) is 6.04 Å². The molecular formula is C14H12N2O2. The fraction of sp³-hybridized carbons (Fsp3) is 0.286. The molecule has 0 saturated heterocycles. The van der Waals surface area contributed by atoms with Gasteiger partial charge in [0.05, 0.1) is 11.6 Å². The predicted octanol–water partition coefficient (Wildman–Crippen LogP) is 2.10. The first-order valence-corrected chi connectivity index (χ1v) is 5.91. The van der Waals surface area contributed by atoms with E-state index in [-0.39, 0.29) is 11.8 Å². The van der Waals surface area contributed by atoms with Crippen LogP contribution in [0.1, 0.15) is 23.5 Å². The van der Waals surface area contributed by atoms with Gasteiger partial charge in [0.2, 0.25) is 0 Å². The molecule has 0 saturated carbocycles. The van der Waals surface area contributed by atoms with Crippen molar-refractivity contribution in [3.8, 4) is 6.07 Å². The summed E-state index contributed by atoms with van der Waals surface area (Å²) < 4.78 is 0. The highest BCUT2D eigenvalue weighted by atomic mass is 16.4. The van der Waals surface area contributed by atoms with Crippen molar-refractivity contribution in [2.75, 3.05) is 5.32 Å². The second kappa shape index (κ2) is 3.88. The molecule has 4 heteroatoms. The zero-order valence-corrected chi connectivity index (χ0v) is 9.63. The van der Waals surface area contributed by atoms with Gasteiger partial charge in [-0.25, -0.2) is 4.79 Å². The van der Waals surface area contributed by atoms with Crippen molar-refractivity contribution in [3.05, 3.63) is 41.5 Å². The molecule has 1 aliphatic heterocycles. The van der Waals surface area contributed by atoms with E-state index < -0.39 is 12.0 Å². The smallest absolute Gasteiger partial charge is 0.326 e. The van der Waals surface area contributed by atoms with Crippen molar-refractivity contribution in [1.29, 1.82) is 5.26 Å². The number of nitrogens with one attached hydrogen (secondary N) is 1. The van der Waals surface area contributed by atoms with E-state index >= 15 is 0 Å². The normalized spacial score (nSPS) is 27.8. The van der Waals surface area contributed by atoms with Gasteiger partial charge in [-0.15, -0.1) is 0 Å². The van der Waals surface area contributed by atoms with Gasteiger partial charge in [-0.1, -0.05) is 12.2 Å². The first kappa shape index (κ1) is 10.8. The number of nitriles is 1. The number of nitrogens with zero attached hydrogens (tertiary/aromatic N) is 1. The Bertz CT molecular complexity index is 586. The zero-order valence-electron chi connectivity index (χ0n) is 9.63. The third-order valence-electron chi connectivity index (χ3n) is 3.76. The average Bonchev–Trinajstić information content (AvgIpc) is 2.86. The minimum Gasteiger partial charge on any atom is -0.480 e. The van der Waals surface area contributed by atoms with Gasteiger partial charge in [0.15, 0.2) is 0 Å². The summed E-state index contributed by atoms with van der Waals surface area (Å²) in [7, 11) is 0. The third-order valence-corrected chi connectivity index (χ3v) is 3.76. The highest BCUT2D eigenvalue weighted by Crippen LogP contribution is 2.44. The number of hydrogen-bond acceptors (Lipinski definition) is 3. The Morgan fingerprint density at radius 1 is 1.50 bits per heavy atom. The van der Waals surface area contributed by atoms with Crippen LogP contribution in [0.2, 0.25) is 0 Å². The molecule has 1 aromatic rings. The van der Waals surface area contributed by atoms with Crippen molar-refractivity contribution in [2.24, 2.45) is 5.92 Å². The summed E-state index contributed by atoms with van der Waals surface area (Å²) in [4.78, 5) is 11.3. The predicted molar refractivity (Wildman–Crippen MR) is 66.2 cm³/mol. The fourth-order valence-corrected chi connectivity index (χ4v) is 2.91. The van der Waals surface area contributed by atoms with Crippen LogP contribution in [0.3, 0.4) is 0 Å². The molecule has 1 heterocycles. The summed E-state index contributed by atoms with van der Waals surface area (Å²) in [6.45, 7) is 0. The number of carbonyl (C=O) groups is 1. The Hall–Kier alpha value is -2.28. The van der Waals surface area contributed by atoms with E-state index in [4.69, 9.17) is 5.26 Å². The van der Waals surface area contributed by atoms with Crippen LogP contribution in [0.15, 0.2) is 30.4 Å². The number of anilines is 1. The Morgan fingerprint density at radius 2 is 2.33 bits per heavy atom. The number of fused-ring (bicyclic) bond motifs is 3. The monoisotopic (exact) mass is 240 g/mol. The van der Waals surface area contributed by atoms with E-state index in [0.29, 0.717) is 5.56 Å². The van der Waals surface area contributed by atoms with Crippen molar-refractivity contribution < 1.29 is 9.90 Å². The molecule has 3 rings (SSSR count). The summed E-state index contributed by atoms with van der Waals surface area (Å²) in [6, 6.07) is 6.94. The minimum atomic E-state index is -0.816. The van der Waals surface area contributed by atoms with E-state index in [1.54, 1.807) is 12.1 Å². The lowest BCUT2D eigenvalue weighted by Crippen LogP contribution is -2.41. The standard InChI is InChI=1S/C14H12N2O2/c15-7-8-4-5-12-11(6-8)9-2-1-3-10(9)13(16-12)14(17)18/h1-2,4-6,9-10,13,16H,3H2,(H,17,18). The highest BCUT2D eigenvalue weighted by Gasteiger charge is 2.40. The Kier molecular flexibility index (Phi) is 2.34. The molecule has 3 unspecified atom stereocenters. The number of aliphatic carboxylic acids is 1. The Labute approximate surface area is 105 Å². The third kappa shape index (κ3) is 1.48. The van der Waals surface area contributed by atoms with E-state index in [9.17, 15) is 9.90 Å². The molecule has 4 nitrogen and oxygen atoms in total. The molecule has 0 amide bonds. The van der Waals surface area contributed by atoms with E-state index in [0.717, 1.165) is 17.7 Å². The largest absolute Gasteiger partial charge is 0.480 e. The van der Waals surface area contributed by atoms with Gasteiger partial charge in [-0.05, 0) is 30.2 Å². The molecule has 0 bridgehead atoms. The second-order valence-corrected chi connectivity index (χ2v) is 4.73.